The van der Waals surface area contributed by atoms with Gasteiger partial charge >= 0.3 is 11.9 Å². The molecule has 0 saturated carbocycles. The number of fused-ring (bicyclic) bond motifs is 2. The van der Waals surface area contributed by atoms with Crippen LogP contribution >= 0.6 is 0 Å². The van der Waals surface area contributed by atoms with E-state index < -0.39 is 60.1 Å². The minimum Gasteiger partial charge on any atom is -0.467 e. The topological polar surface area (TPSA) is 130 Å². The predicted molar refractivity (Wildman–Crippen MR) is 72.3 cm³/mol. The van der Waals surface area contributed by atoms with Gasteiger partial charge in [-0.2, -0.15) is 0 Å². The zero-order valence-electron chi connectivity index (χ0n) is 13.6. The van der Waals surface area contributed by atoms with Crippen LogP contribution < -0.4 is 0 Å². The van der Waals surface area contributed by atoms with Gasteiger partial charge in [0.15, 0.2) is 24.8 Å². The number of aliphatic hydroxyl groups is 2. The molecule has 0 amide bonds. The summed E-state index contributed by atoms with van der Waals surface area (Å²) in [7, 11) is 2.24. The fraction of sp³-hybridized carbons (Fsp3) is 0.857. The van der Waals surface area contributed by atoms with Crippen LogP contribution in [0.3, 0.4) is 0 Å². The standard InChI is InChI=1S/C14H20O10/c1-5-13(17,11(15)19-3)7-9(21-5)24-8-10(23-7)22-6(2)14(8,18)12(16)20-4/h5-10,17-18H,1-4H3/t5-,6-,7+,8+,9-,10-,13+,14+/m0/s1. The summed E-state index contributed by atoms with van der Waals surface area (Å²) in [5.74, 6) is -1.89. The maximum Gasteiger partial charge on any atom is 0.343 e. The minimum atomic E-state index is -2.11. The largest absolute Gasteiger partial charge is 0.467 e. The second kappa shape index (κ2) is 5.61. The van der Waals surface area contributed by atoms with E-state index in [9.17, 15) is 19.8 Å². The van der Waals surface area contributed by atoms with Gasteiger partial charge in [0.1, 0.15) is 12.2 Å². The third-order valence-corrected chi connectivity index (χ3v) is 4.86. The summed E-state index contributed by atoms with van der Waals surface area (Å²) in [4.78, 5) is 24.0. The molecule has 0 aromatic carbocycles. The lowest BCUT2D eigenvalue weighted by atomic mass is 9.90. The van der Waals surface area contributed by atoms with Gasteiger partial charge in [-0.15, -0.1) is 0 Å². The normalized spacial score (nSPS) is 50.1. The fourth-order valence-electron chi connectivity index (χ4n) is 3.35. The van der Waals surface area contributed by atoms with Crippen LogP contribution in [0.5, 0.6) is 0 Å². The number of rotatable bonds is 2. The van der Waals surface area contributed by atoms with Crippen molar-refractivity contribution in [2.75, 3.05) is 14.2 Å². The molecule has 3 aliphatic heterocycles. The van der Waals surface area contributed by atoms with Gasteiger partial charge in [-0.3, -0.25) is 0 Å². The van der Waals surface area contributed by atoms with Crippen molar-refractivity contribution in [1.82, 2.24) is 0 Å². The molecule has 0 spiro atoms. The Hall–Kier alpha value is -1.30. The highest BCUT2D eigenvalue weighted by molar-refractivity contribution is 5.82. The summed E-state index contributed by atoms with van der Waals surface area (Å²) in [6.45, 7) is 2.90. The molecule has 0 aromatic rings. The van der Waals surface area contributed by atoms with Crippen LogP contribution in [-0.2, 0) is 38.0 Å². The Morgan fingerprint density at radius 3 is 1.42 bits per heavy atom. The van der Waals surface area contributed by atoms with E-state index in [1.165, 1.54) is 13.8 Å². The molecule has 3 aliphatic rings. The molecule has 3 heterocycles. The van der Waals surface area contributed by atoms with E-state index in [0.717, 1.165) is 14.2 Å². The number of carbonyl (C=O) groups excluding carboxylic acids is 2. The van der Waals surface area contributed by atoms with Crippen LogP contribution in [0.15, 0.2) is 0 Å². The van der Waals surface area contributed by atoms with E-state index in [1.54, 1.807) is 0 Å². The van der Waals surface area contributed by atoms with Gasteiger partial charge in [-0.25, -0.2) is 9.59 Å². The van der Waals surface area contributed by atoms with Crippen LogP contribution in [0, 0.1) is 0 Å². The molecule has 10 heteroatoms. The van der Waals surface area contributed by atoms with Crippen molar-refractivity contribution >= 4 is 11.9 Å². The van der Waals surface area contributed by atoms with Crippen LogP contribution in [0.25, 0.3) is 0 Å². The van der Waals surface area contributed by atoms with Crippen molar-refractivity contribution < 1.29 is 48.2 Å². The smallest absolute Gasteiger partial charge is 0.343 e. The Morgan fingerprint density at radius 1 is 0.792 bits per heavy atom. The Morgan fingerprint density at radius 2 is 1.12 bits per heavy atom. The molecule has 0 radical (unpaired) electrons. The summed E-state index contributed by atoms with van der Waals surface area (Å²) in [6, 6.07) is 0. The summed E-state index contributed by atoms with van der Waals surface area (Å²) in [6.07, 6.45) is -6.88. The predicted octanol–water partition coefficient (Wildman–Crippen LogP) is -1.93. The number of hydrogen-bond acceptors (Lipinski definition) is 10. The van der Waals surface area contributed by atoms with E-state index in [0.29, 0.717) is 0 Å². The average Bonchev–Trinajstić information content (AvgIpc) is 2.97. The van der Waals surface area contributed by atoms with Gasteiger partial charge in [0.2, 0.25) is 11.2 Å². The average molecular weight is 348 g/mol. The Labute approximate surface area is 137 Å². The summed E-state index contributed by atoms with van der Waals surface area (Å²) in [5.41, 5.74) is -4.22. The molecule has 0 aliphatic carbocycles. The lowest BCUT2D eigenvalue weighted by molar-refractivity contribution is -0.326. The van der Waals surface area contributed by atoms with Crippen LogP contribution in [0.2, 0.25) is 0 Å². The molecule has 136 valence electrons. The van der Waals surface area contributed by atoms with Gasteiger partial charge < -0.3 is 38.6 Å². The molecule has 0 bridgehead atoms. The number of ether oxygens (including phenoxy) is 6. The zero-order chi connectivity index (χ0) is 17.9. The fourth-order valence-corrected chi connectivity index (χ4v) is 3.35. The first-order valence-electron chi connectivity index (χ1n) is 7.44. The highest BCUT2D eigenvalue weighted by atomic mass is 16.8. The third-order valence-electron chi connectivity index (χ3n) is 4.86. The molecular weight excluding hydrogens is 328 g/mol. The first-order chi connectivity index (χ1) is 11.2. The van der Waals surface area contributed by atoms with Crippen molar-refractivity contribution in [3.63, 3.8) is 0 Å². The minimum absolute atomic E-state index is 0.946. The quantitative estimate of drug-likeness (QED) is 0.544. The van der Waals surface area contributed by atoms with Gasteiger partial charge in [0.25, 0.3) is 0 Å². The van der Waals surface area contributed by atoms with Crippen LogP contribution in [-0.4, -0.2) is 84.6 Å². The zero-order valence-corrected chi connectivity index (χ0v) is 13.6. The van der Waals surface area contributed by atoms with E-state index in [-0.39, 0.29) is 0 Å². The summed E-state index contributed by atoms with van der Waals surface area (Å²) in [5, 5.41) is 21.4. The highest BCUT2D eigenvalue weighted by Gasteiger charge is 2.70. The summed E-state index contributed by atoms with van der Waals surface area (Å²) < 4.78 is 31.3. The van der Waals surface area contributed by atoms with Crippen LogP contribution in [0.4, 0.5) is 0 Å². The number of esters is 2. The molecule has 3 fully saturated rings. The molecular formula is C14H20O10. The Kier molecular flexibility index (Phi) is 4.10. The first-order valence-corrected chi connectivity index (χ1v) is 7.44. The van der Waals surface area contributed by atoms with Crippen molar-refractivity contribution in [3.8, 4) is 0 Å². The van der Waals surface area contributed by atoms with Gasteiger partial charge in [-0.05, 0) is 13.8 Å². The molecule has 0 unspecified atom stereocenters. The Bertz CT molecular complexity index is 504. The van der Waals surface area contributed by atoms with Crippen molar-refractivity contribution in [2.45, 2.75) is 62.0 Å². The molecule has 0 aromatic heterocycles. The maximum atomic E-state index is 12.0. The third kappa shape index (κ3) is 2.04. The number of carbonyl (C=O) groups is 2. The molecule has 3 saturated heterocycles. The Balaban J connectivity index is 1.91. The molecule has 3 rings (SSSR count). The van der Waals surface area contributed by atoms with Gasteiger partial charge in [0.05, 0.1) is 14.2 Å². The van der Waals surface area contributed by atoms with E-state index in [2.05, 4.69) is 9.47 Å². The van der Waals surface area contributed by atoms with Crippen molar-refractivity contribution in [1.29, 1.82) is 0 Å². The monoisotopic (exact) mass is 348 g/mol. The first kappa shape index (κ1) is 17.5. The highest BCUT2D eigenvalue weighted by Crippen LogP contribution is 2.46. The maximum absolute atomic E-state index is 12.0. The molecule has 8 atom stereocenters. The second-order valence-electron chi connectivity index (χ2n) is 6.04. The van der Waals surface area contributed by atoms with E-state index in [1.807, 2.05) is 0 Å². The number of methoxy groups -OCH3 is 2. The molecule has 24 heavy (non-hydrogen) atoms. The number of hydrogen-bond donors (Lipinski definition) is 2. The van der Waals surface area contributed by atoms with E-state index in [4.69, 9.17) is 18.9 Å². The van der Waals surface area contributed by atoms with Crippen molar-refractivity contribution in [2.24, 2.45) is 0 Å². The molecule has 10 nitrogen and oxygen atoms in total. The summed E-state index contributed by atoms with van der Waals surface area (Å²) >= 11 is 0. The second-order valence-corrected chi connectivity index (χ2v) is 6.04. The lowest BCUT2D eigenvalue weighted by Gasteiger charge is -2.39. The van der Waals surface area contributed by atoms with Gasteiger partial charge in [-0.1, -0.05) is 0 Å². The van der Waals surface area contributed by atoms with Gasteiger partial charge in [0, 0.05) is 0 Å². The van der Waals surface area contributed by atoms with Crippen LogP contribution in [0.1, 0.15) is 13.8 Å². The SMILES string of the molecule is COC(=O)[C@@]1(O)[C@H](C)O[C@H]2O[C@@H]3[C@@H](O[C@@H](C)[C@]3(O)C(=O)OC)O[C@H]21. The van der Waals surface area contributed by atoms with E-state index >= 15 is 0 Å². The lowest BCUT2D eigenvalue weighted by Crippen LogP contribution is -2.63. The van der Waals surface area contributed by atoms with Crippen molar-refractivity contribution in [3.05, 3.63) is 0 Å². The molecule has 2 N–H and O–H groups in total.